The molecule has 0 spiro atoms. The Morgan fingerprint density at radius 2 is 1.80 bits per heavy atom. The molecule has 0 aliphatic rings. The molecule has 0 aliphatic heterocycles. The molecule has 0 aliphatic carbocycles. The molecule has 0 atom stereocenters. The Labute approximate surface area is 92.0 Å². The second-order valence-corrected chi connectivity index (χ2v) is 3.96. The van der Waals surface area contributed by atoms with E-state index in [-0.39, 0.29) is 0 Å². The number of nitrogens with two attached hydrogens (primary N) is 2. The molecule has 0 saturated heterocycles. The summed E-state index contributed by atoms with van der Waals surface area (Å²) in [6.07, 6.45) is 6.38. The van der Waals surface area contributed by atoms with E-state index in [2.05, 4.69) is 19.1 Å². The van der Waals surface area contributed by atoms with E-state index in [4.69, 9.17) is 11.1 Å². The van der Waals surface area contributed by atoms with Crippen LogP contribution < -0.4 is 11.1 Å². The topological polar surface area (TPSA) is 51.6 Å². The highest BCUT2D eigenvalue weighted by Gasteiger charge is 2.00. The van der Waals surface area contributed by atoms with Crippen molar-refractivity contribution in [3.05, 3.63) is 35.4 Å². The van der Waals surface area contributed by atoms with Crippen LogP contribution in [0.25, 0.3) is 0 Å². The minimum Gasteiger partial charge on any atom is -0.287 e. The summed E-state index contributed by atoms with van der Waals surface area (Å²) in [5.41, 5.74) is 7.79. The number of rotatable bonds is 6. The van der Waals surface area contributed by atoms with Gasteiger partial charge in [-0.25, -0.2) is 0 Å². The van der Waals surface area contributed by atoms with Crippen LogP contribution in [0.4, 0.5) is 0 Å². The van der Waals surface area contributed by atoms with Crippen molar-refractivity contribution in [2.75, 3.05) is 0 Å². The first-order valence-corrected chi connectivity index (χ1v) is 5.71. The van der Waals surface area contributed by atoms with Crippen molar-refractivity contribution < 1.29 is 5.41 Å². The van der Waals surface area contributed by atoms with Gasteiger partial charge in [-0.15, -0.1) is 0 Å². The van der Waals surface area contributed by atoms with Crippen molar-refractivity contribution >= 4 is 5.84 Å². The largest absolute Gasteiger partial charge is 0.287 e. The number of hydrogen-bond donors (Lipinski definition) is 2. The van der Waals surface area contributed by atoms with Gasteiger partial charge in [0.15, 0.2) is 0 Å². The average molecular weight is 205 g/mol. The number of unbranched alkanes of at least 4 members (excludes halogenated alkanes) is 3. The molecule has 0 bridgehead atoms. The Bertz CT molecular complexity index is 301. The van der Waals surface area contributed by atoms with Gasteiger partial charge < -0.3 is 0 Å². The maximum Gasteiger partial charge on any atom is 0.270 e. The summed E-state index contributed by atoms with van der Waals surface area (Å²) in [6.45, 7) is 2.23. The summed E-state index contributed by atoms with van der Waals surface area (Å²) in [5, 5.41) is 5.50. The zero-order chi connectivity index (χ0) is 11.1. The van der Waals surface area contributed by atoms with E-state index >= 15 is 0 Å². The van der Waals surface area contributed by atoms with Crippen LogP contribution >= 0.6 is 0 Å². The predicted molar refractivity (Wildman–Crippen MR) is 64.5 cm³/mol. The van der Waals surface area contributed by atoms with Crippen LogP contribution in [0.1, 0.15) is 43.7 Å². The van der Waals surface area contributed by atoms with Crippen molar-refractivity contribution in [2.24, 2.45) is 5.73 Å². The van der Waals surface area contributed by atoms with Crippen LogP contribution in [0.15, 0.2) is 24.3 Å². The molecular weight excluding hydrogens is 184 g/mol. The second-order valence-electron chi connectivity index (χ2n) is 3.96. The molecule has 82 valence electrons. The summed E-state index contributed by atoms with van der Waals surface area (Å²) in [7, 11) is 0. The highest BCUT2D eigenvalue weighted by atomic mass is 14.7. The molecule has 1 rings (SSSR count). The van der Waals surface area contributed by atoms with Crippen molar-refractivity contribution in [3.63, 3.8) is 0 Å². The normalized spacial score (nSPS) is 10.2. The standard InChI is InChI=1S/C13H20N2/c1-2-3-4-5-6-11-7-9-12(10-8-11)13(14)15/h7-10H,2-6H2,1H3,(H3,14,15)/p+1. The van der Waals surface area contributed by atoms with Gasteiger partial charge in [-0.05, 0) is 30.5 Å². The smallest absolute Gasteiger partial charge is 0.270 e. The van der Waals surface area contributed by atoms with Crippen LogP contribution in [0, 0.1) is 0 Å². The second kappa shape index (κ2) is 6.23. The Balaban J connectivity index is 2.39. The molecule has 0 amide bonds. The molecular formula is C13H21N2+. The summed E-state index contributed by atoms with van der Waals surface area (Å²) in [5.74, 6) is 0.396. The van der Waals surface area contributed by atoms with E-state index in [9.17, 15) is 0 Å². The Kier molecular flexibility index (Phi) is 4.88. The SMILES string of the molecule is CCCCCCc1ccc(C(N)=[NH2+])cc1. The van der Waals surface area contributed by atoms with E-state index in [1.807, 2.05) is 12.1 Å². The molecule has 0 unspecified atom stereocenters. The molecule has 15 heavy (non-hydrogen) atoms. The summed E-state index contributed by atoms with van der Waals surface area (Å²) >= 11 is 0. The highest BCUT2D eigenvalue weighted by molar-refractivity contribution is 5.92. The zero-order valence-corrected chi connectivity index (χ0v) is 9.50. The van der Waals surface area contributed by atoms with Crippen molar-refractivity contribution in [1.29, 1.82) is 0 Å². The van der Waals surface area contributed by atoms with Crippen LogP contribution in [-0.4, -0.2) is 5.84 Å². The van der Waals surface area contributed by atoms with Gasteiger partial charge in [0.25, 0.3) is 5.84 Å². The Morgan fingerprint density at radius 3 is 2.33 bits per heavy atom. The lowest BCUT2D eigenvalue weighted by Crippen LogP contribution is -2.46. The number of hydrogen-bond acceptors (Lipinski definition) is 0. The zero-order valence-electron chi connectivity index (χ0n) is 9.50. The first-order valence-electron chi connectivity index (χ1n) is 5.71. The number of benzene rings is 1. The van der Waals surface area contributed by atoms with E-state index < -0.39 is 0 Å². The van der Waals surface area contributed by atoms with Crippen molar-refractivity contribution in [2.45, 2.75) is 39.0 Å². The van der Waals surface area contributed by atoms with Gasteiger partial charge in [-0.2, -0.15) is 0 Å². The fourth-order valence-electron chi connectivity index (χ4n) is 1.62. The fourth-order valence-corrected chi connectivity index (χ4v) is 1.62. The summed E-state index contributed by atoms with van der Waals surface area (Å²) in [4.78, 5) is 0. The molecule has 0 saturated carbocycles. The predicted octanol–water partition coefficient (Wildman–Crippen LogP) is 1.27. The third kappa shape index (κ3) is 4.15. The molecule has 0 radical (unpaired) electrons. The number of amidine groups is 1. The third-order valence-electron chi connectivity index (χ3n) is 2.61. The molecule has 1 aromatic rings. The summed E-state index contributed by atoms with van der Waals surface area (Å²) < 4.78 is 0. The quantitative estimate of drug-likeness (QED) is 0.410. The molecule has 1 aromatic carbocycles. The molecule has 0 heterocycles. The summed E-state index contributed by atoms with van der Waals surface area (Å²) in [6, 6.07) is 8.21. The lowest BCUT2D eigenvalue weighted by molar-refractivity contribution is -0.114. The molecule has 2 nitrogen and oxygen atoms in total. The third-order valence-corrected chi connectivity index (χ3v) is 2.61. The van der Waals surface area contributed by atoms with Crippen molar-refractivity contribution in [3.8, 4) is 0 Å². The van der Waals surface area contributed by atoms with Crippen molar-refractivity contribution in [1.82, 2.24) is 0 Å². The minimum atomic E-state index is 0.396. The lowest BCUT2D eigenvalue weighted by atomic mass is 10.0. The van der Waals surface area contributed by atoms with Crippen LogP contribution in [0.3, 0.4) is 0 Å². The van der Waals surface area contributed by atoms with E-state index in [0.717, 1.165) is 12.0 Å². The molecule has 0 aromatic heterocycles. The van der Waals surface area contributed by atoms with Crippen LogP contribution in [-0.2, 0) is 6.42 Å². The van der Waals surface area contributed by atoms with E-state index in [0.29, 0.717) is 5.84 Å². The van der Waals surface area contributed by atoms with Gasteiger partial charge in [0, 0.05) is 0 Å². The maximum absolute atomic E-state index is 5.50. The highest BCUT2D eigenvalue weighted by Crippen LogP contribution is 2.09. The average Bonchev–Trinajstić information content (AvgIpc) is 2.25. The monoisotopic (exact) mass is 205 g/mol. The van der Waals surface area contributed by atoms with Crippen LogP contribution in [0.2, 0.25) is 0 Å². The van der Waals surface area contributed by atoms with E-state index in [1.165, 1.54) is 31.2 Å². The first-order chi connectivity index (χ1) is 7.24. The minimum absolute atomic E-state index is 0.396. The van der Waals surface area contributed by atoms with Gasteiger partial charge in [0.05, 0.1) is 5.56 Å². The van der Waals surface area contributed by atoms with Gasteiger partial charge >= 0.3 is 0 Å². The molecule has 4 N–H and O–H groups in total. The molecule has 0 fully saturated rings. The van der Waals surface area contributed by atoms with E-state index in [1.54, 1.807) is 0 Å². The Hall–Kier alpha value is -1.31. The number of aryl methyl sites for hydroxylation is 1. The van der Waals surface area contributed by atoms with Gasteiger partial charge in [0.2, 0.25) is 0 Å². The fraction of sp³-hybridized carbons (Fsp3) is 0.462. The van der Waals surface area contributed by atoms with Crippen LogP contribution in [0.5, 0.6) is 0 Å². The van der Waals surface area contributed by atoms with Gasteiger partial charge in [-0.3, -0.25) is 11.1 Å². The molecule has 2 heteroatoms. The lowest BCUT2D eigenvalue weighted by Gasteiger charge is -2.01. The van der Waals surface area contributed by atoms with Gasteiger partial charge in [0.1, 0.15) is 0 Å². The maximum atomic E-state index is 5.50. The Morgan fingerprint density at radius 1 is 1.13 bits per heavy atom. The van der Waals surface area contributed by atoms with Gasteiger partial charge in [-0.1, -0.05) is 38.3 Å². The first kappa shape index (κ1) is 11.8.